The van der Waals surface area contributed by atoms with Crippen LogP contribution in [0.4, 0.5) is 0 Å². The van der Waals surface area contributed by atoms with Crippen molar-refractivity contribution >= 4 is 11.5 Å². The van der Waals surface area contributed by atoms with E-state index < -0.39 is 0 Å². The molecule has 5 rings (SSSR count). The van der Waals surface area contributed by atoms with Crippen LogP contribution in [0.2, 0.25) is 0 Å². The van der Waals surface area contributed by atoms with Gasteiger partial charge < -0.3 is 5.32 Å². The van der Waals surface area contributed by atoms with Crippen LogP contribution in [0.15, 0.2) is 59.9 Å². The third-order valence-corrected chi connectivity index (χ3v) is 5.76. The molecule has 3 heterocycles. The first-order valence-corrected chi connectivity index (χ1v) is 10.1. The number of Topliss-reactive ketones (excluding diaryl/α,β-unsaturated/α-hetero) is 1. The van der Waals surface area contributed by atoms with Crippen LogP contribution < -0.4 is 5.32 Å². The van der Waals surface area contributed by atoms with Crippen LogP contribution in [0, 0.1) is 11.3 Å². The monoisotopic (exact) mass is 395 g/mol. The molecular weight excluding hydrogens is 374 g/mol. The van der Waals surface area contributed by atoms with Gasteiger partial charge in [-0.15, -0.1) is 0 Å². The van der Waals surface area contributed by atoms with Crippen molar-refractivity contribution in [3.05, 3.63) is 88.2 Å². The lowest BCUT2D eigenvalue weighted by Gasteiger charge is -2.27. The highest BCUT2D eigenvalue weighted by molar-refractivity contribution is 6.47. The lowest BCUT2D eigenvalue weighted by Crippen LogP contribution is -2.39. The number of aromatic nitrogens is 2. The van der Waals surface area contributed by atoms with Crippen molar-refractivity contribution in [1.29, 1.82) is 5.26 Å². The van der Waals surface area contributed by atoms with Gasteiger partial charge in [0.1, 0.15) is 5.71 Å². The van der Waals surface area contributed by atoms with E-state index in [1.165, 1.54) is 5.56 Å². The first kappa shape index (κ1) is 18.5. The van der Waals surface area contributed by atoms with Gasteiger partial charge in [0, 0.05) is 37.2 Å². The molecule has 0 saturated carbocycles. The molecule has 0 radical (unpaired) electrons. The fraction of sp³-hybridized carbons (Fsp3) is 0.250. The maximum atomic E-state index is 12.9. The SMILES string of the molecule is N#Cc1cccc(Cn2cc(CC(=O)C3=NCc4cc(C5CNC5)ccc43)cn2)c1. The van der Waals surface area contributed by atoms with Crippen molar-refractivity contribution in [3.63, 3.8) is 0 Å². The molecule has 30 heavy (non-hydrogen) atoms. The van der Waals surface area contributed by atoms with E-state index in [9.17, 15) is 4.79 Å². The Balaban J connectivity index is 1.26. The van der Waals surface area contributed by atoms with E-state index in [4.69, 9.17) is 5.26 Å². The number of rotatable bonds is 6. The van der Waals surface area contributed by atoms with Crippen LogP contribution in [0.25, 0.3) is 0 Å². The molecule has 1 fully saturated rings. The van der Waals surface area contributed by atoms with Gasteiger partial charge in [-0.1, -0.05) is 30.3 Å². The molecule has 148 valence electrons. The highest BCUT2D eigenvalue weighted by atomic mass is 16.1. The number of hydrogen-bond donors (Lipinski definition) is 1. The summed E-state index contributed by atoms with van der Waals surface area (Å²) in [5, 5.41) is 16.7. The fourth-order valence-corrected chi connectivity index (χ4v) is 4.02. The minimum absolute atomic E-state index is 0.0258. The van der Waals surface area contributed by atoms with Crippen LogP contribution in [0.1, 0.15) is 39.3 Å². The summed E-state index contributed by atoms with van der Waals surface area (Å²) >= 11 is 0. The molecule has 1 aromatic heterocycles. The molecule has 1 N–H and O–H groups in total. The molecule has 2 aromatic carbocycles. The highest BCUT2D eigenvalue weighted by Gasteiger charge is 2.25. The molecule has 2 aliphatic heterocycles. The normalized spacial score (nSPS) is 15.2. The second-order valence-corrected chi connectivity index (χ2v) is 7.89. The van der Waals surface area contributed by atoms with Gasteiger partial charge in [0.2, 0.25) is 0 Å². The van der Waals surface area contributed by atoms with Crippen LogP contribution >= 0.6 is 0 Å². The fourth-order valence-electron chi connectivity index (χ4n) is 4.02. The lowest BCUT2D eigenvalue weighted by molar-refractivity contribution is -0.112. The smallest absolute Gasteiger partial charge is 0.185 e. The second-order valence-electron chi connectivity index (χ2n) is 7.89. The van der Waals surface area contributed by atoms with Gasteiger partial charge in [0.15, 0.2) is 5.78 Å². The van der Waals surface area contributed by atoms with Crippen molar-refractivity contribution in [1.82, 2.24) is 15.1 Å². The lowest BCUT2D eigenvalue weighted by atomic mass is 9.90. The molecule has 0 atom stereocenters. The molecule has 6 nitrogen and oxygen atoms in total. The molecule has 1 saturated heterocycles. The van der Waals surface area contributed by atoms with Crippen LogP contribution in [0.5, 0.6) is 0 Å². The van der Waals surface area contributed by atoms with Gasteiger partial charge in [-0.05, 0) is 34.4 Å². The van der Waals surface area contributed by atoms with E-state index in [2.05, 4.69) is 39.7 Å². The molecule has 0 bridgehead atoms. The number of benzene rings is 2. The standard InChI is InChI=1S/C24H21N5O/c25-9-16-2-1-3-17(6-16)14-29-15-18(10-28-29)7-23(30)24-22-5-4-19(21-11-26-12-21)8-20(22)13-27-24/h1-6,8,10,15,21,26H,7,11-14H2. The summed E-state index contributed by atoms with van der Waals surface area (Å²) in [7, 11) is 0. The van der Waals surface area contributed by atoms with Crippen LogP contribution in [0.3, 0.4) is 0 Å². The number of nitrogens with zero attached hydrogens (tertiary/aromatic N) is 4. The first-order chi connectivity index (χ1) is 14.7. The predicted molar refractivity (Wildman–Crippen MR) is 113 cm³/mol. The largest absolute Gasteiger partial charge is 0.315 e. The zero-order chi connectivity index (χ0) is 20.5. The third kappa shape index (κ3) is 3.56. The van der Waals surface area contributed by atoms with Gasteiger partial charge in [-0.25, -0.2) is 0 Å². The summed E-state index contributed by atoms with van der Waals surface area (Å²) in [6.45, 7) is 3.19. The van der Waals surface area contributed by atoms with Crippen LogP contribution in [-0.2, 0) is 24.3 Å². The Morgan fingerprint density at radius 3 is 2.90 bits per heavy atom. The average Bonchev–Trinajstić information content (AvgIpc) is 3.33. The Morgan fingerprint density at radius 1 is 1.20 bits per heavy atom. The number of hydrogen-bond acceptors (Lipinski definition) is 5. The Kier molecular flexibility index (Phi) is 4.74. The van der Waals surface area contributed by atoms with Gasteiger partial charge in [0.25, 0.3) is 0 Å². The summed E-state index contributed by atoms with van der Waals surface area (Å²) in [6.07, 6.45) is 3.90. The number of ketones is 1. The molecule has 3 aromatic rings. The molecule has 0 unspecified atom stereocenters. The van der Waals surface area contributed by atoms with Crippen molar-refractivity contribution in [3.8, 4) is 6.07 Å². The van der Waals surface area contributed by atoms with Gasteiger partial charge >= 0.3 is 0 Å². The summed E-state index contributed by atoms with van der Waals surface area (Å²) in [5.74, 6) is 0.604. The van der Waals surface area contributed by atoms with E-state index in [1.54, 1.807) is 16.9 Å². The number of carbonyl (C=O) groups excluding carboxylic acids is 1. The Bertz CT molecular complexity index is 1200. The van der Waals surface area contributed by atoms with Crippen molar-refractivity contribution < 1.29 is 4.79 Å². The number of nitrogens with one attached hydrogen (secondary N) is 1. The molecular formula is C24H21N5O. The molecule has 0 aliphatic carbocycles. The predicted octanol–water partition coefficient (Wildman–Crippen LogP) is 2.60. The molecule has 6 heteroatoms. The summed E-state index contributed by atoms with van der Waals surface area (Å²) in [4.78, 5) is 17.4. The van der Waals surface area contributed by atoms with Crippen molar-refractivity contribution in [2.24, 2.45) is 4.99 Å². The average molecular weight is 395 g/mol. The Morgan fingerprint density at radius 2 is 2.10 bits per heavy atom. The zero-order valence-electron chi connectivity index (χ0n) is 16.5. The number of carbonyl (C=O) groups is 1. The highest BCUT2D eigenvalue weighted by Crippen LogP contribution is 2.27. The second kappa shape index (κ2) is 7.69. The Hall–Kier alpha value is -3.56. The maximum Gasteiger partial charge on any atom is 0.185 e. The van der Waals surface area contributed by atoms with E-state index >= 15 is 0 Å². The molecule has 0 spiro atoms. The minimum Gasteiger partial charge on any atom is -0.315 e. The summed E-state index contributed by atoms with van der Waals surface area (Å²) in [6, 6.07) is 16.0. The summed E-state index contributed by atoms with van der Waals surface area (Å²) < 4.78 is 1.79. The topological polar surface area (TPSA) is 83.1 Å². The first-order valence-electron chi connectivity index (χ1n) is 10.1. The molecule has 2 aliphatic rings. The number of nitriles is 1. The van der Waals surface area contributed by atoms with E-state index in [1.807, 2.05) is 24.4 Å². The summed E-state index contributed by atoms with van der Waals surface area (Å²) in [5.41, 5.74) is 6.53. The van der Waals surface area contributed by atoms with E-state index in [0.717, 1.165) is 35.3 Å². The van der Waals surface area contributed by atoms with Gasteiger partial charge in [0.05, 0.1) is 30.9 Å². The minimum atomic E-state index is 0.0258. The van der Waals surface area contributed by atoms with Crippen molar-refractivity contribution in [2.75, 3.05) is 13.1 Å². The van der Waals surface area contributed by atoms with Crippen molar-refractivity contribution in [2.45, 2.75) is 25.4 Å². The Labute approximate surface area is 174 Å². The number of fused-ring (bicyclic) bond motifs is 1. The van der Waals surface area contributed by atoms with E-state index in [0.29, 0.717) is 30.3 Å². The molecule has 0 amide bonds. The number of aliphatic imine (C=N–C) groups is 1. The maximum absolute atomic E-state index is 12.9. The van der Waals surface area contributed by atoms with Gasteiger partial charge in [-0.3, -0.25) is 14.5 Å². The third-order valence-electron chi connectivity index (χ3n) is 5.76. The van der Waals surface area contributed by atoms with E-state index in [-0.39, 0.29) is 12.2 Å². The van der Waals surface area contributed by atoms with Crippen LogP contribution in [-0.4, -0.2) is 34.4 Å². The quantitative estimate of drug-likeness (QED) is 0.695. The zero-order valence-corrected chi connectivity index (χ0v) is 16.5. The van der Waals surface area contributed by atoms with Gasteiger partial charge in [-0.2, -0.15) is 10.4 Å².